The third-order valence-corrected chi connectivity index (χ3v) is 5.32. The van der Waals surface area contributed by atoms with Gasteiger partial charge in [0.1, 0.15) is 5.82 Å². The van der Waals surface area contributed by atoms with Crippen LogP contribution in [0.3, 0.4) is 0 Å². The van der Waals surface area contributed by atoms with Gasteiger partial charge >= 0.3 is 0 Å². The standard InChI is InChI=1S/C16H19N3/c1-15(2)13(16(15,3)4)14-18-11-8-10(9-17)6-7-12(11)19(14)5/h6-8,13H,1-5H3. The van der Waals surface area contributed by atoms with E-state index in [1.807, 2.05) is 18.2 Å². The Morgan fingerprint density at radius 1 is 1.21 bits per heavy atom. The Hall–Kier alpha value is -1.82. The van der Waals surface area contributed by atoms with E-state index in [0.717, 1.165) is 16.9 Å². The molecule has 19 heavy (non-hydrogen) atoms. The molecule has 0 N–H and O–H groups in total. The van der Waals surface area contributed by atoms with Crippen LogP contribution in [0.4, 0.5) is 0 Å². The number of aromatic nitrogens is 2. The van der Waals surface area contributed by atoms with Gasteiger partial charge in [-0.1, -0.05) is 27.7 Å². The Balaban J connectivity index is 2.18. The maximum Gasteiger partial charge on any atom is 0.113 e. The summed E-state index contributed by atoms with van der Waals surface area (Å²) in [7, 11) is 2.07. The molecule has 0 amide bonds. The fourth-order valence-corrected chi connectivity index (χ4v) is 3.39. The number of rotatable bonds is 1. The molecule has 0 atom stereocenters. The van der Waals surface area contributed by atoms with Gasteiger partial charge in [0, 0.05) is 13.0 Å². The van der Waals surface area contributed by atoms with Crippen LogP contribution in [0.5, 0.6) is 0 Å². The van der Waals surface area contributed by atoms with Crippen molar-refractivity contribution >= 4 is 11.0 Å². The topological polar surface area (TPSA) is 41.6 Å². The average molecular weight is 253 g/mol. The first-order chi connectivity index (χ1) is 8.80. The molecule has 3 nitrogen and oxygen atoms in total. The zero-order chi connectivity index (χ0) is 14.0. The lowest BCUT2D eigenvalue weighted by Crippen LogP contribution is -1.99. The molecule has 0 spiro atoms. The average Bonchev–Trinajstić information content (AvgIpc) is 2.63. The molecule has 1 aromatic heterocycles. The van der Waals surface area contributed by atoms with E-state index in [1.54, 1.807) is 0 Å². The number of nitriles is 1. The van der Waals surface area contributed by atoms with E-state index < -0.39 is 0 Å². The summed E-state index contributed by atoms with van der Waals surface area (Å²) in [5, 5.41) is 8.98. The van der Waals surface area contributed by atoms with Gasteiger partial charge in [0.25, 0.3) is 0 Å². The van der Waals surface area contributed by atoms with E-state index in [9.17, 15) is 0 Å². The molecule has 1 fully saturated rings. The fourth-order valence-electron chi connectivity index (χ4n) is 3.39. The maximum absolute atomic E-state index is 8.98. The van der Waals surface area contributed by atoms with Crippen LogP contribution in [0.15, 0.2) is 18.2 Å². The van der Waals surface area contributed by atoms with Crippen LogP contribution in [0.2, 0.25) is 0 Å². The second-order valence-electron chi connectivity index (χ2n) is 6.72. The molecular formula is C16H19N3. The first-order valence-corrected chi connectivity index (χ1v) is 6.67. The maximum atomic E-state index is 8.98. The number of imidazole rings is 1. The van der Waals surface area contributed by atoms with Gasteiger partial charge in [-0.25, -0.2) is 4.98 Å². The third-order valence-electron chi connectivity index (χ3n) is 5.32. The summed E-state index contributed by atoms with van der Waals surface area (Å²) in [5.74, 6) is 1.61. The van der Waals surface area contributed by atoms with Crippen molar-refractivity contribution in [3.05, 3.63) is 29.6 Å². The van der Waals surface area contributed by atoms with Gasteiger partial charge in [-0.2, -0.15) is 5.26 Å². The number of fused-ring (bicyclic) bond motifs is 1. The summed E-state index contributed by atoms with van der Waals surface area (Å²) < 4.78 is 2.18. The van der Waals surface area contributed by atoms with Crippen molar-refractivity contribution in [2.75, 3.05) is 0 Å². The van der Waals surface area contributed by atoms with Crippen LogP contribution in [-0.4, -0.2) is 9.55 Å². The van der Waals surface area contributed by atoms with Crippen molar-refractivity contribution in [1.29, 1.82) is 5.26 Å². The van der Waals surface area contributed by atoms with Crippen LogP contribution < -0.4 is 0 Å². The molecule has 3 heteroatoms. The second kappa shape index (κ2) is 3.39. The molecule has 1 aliphatic rings. The zero-order valence-electron chi connectivity index (χ0n) is 12.2. The molecule has 98 valence electrons. The highest BCUT2D eigenvalue weighted by molar-refractivity contribution is 5.78. The summed E-state index contributed by atoms with van der Waals surface area (Å²) >= 11 is 0. The molecule has 0 aliphatic heterocycles. The highest BCUT2D eigenvalue weighted by Gasteiger charge is 2.66. The van der Waals surface area contributed by atoms with Crippen molar-refractivity contribution in [3.63, 3.8) is 0 Å². The first-order valence-electron chi connectivity index (χ1n) is 6.67. The molecule has 2 aromatic rings. The largest absolute Gasteiger partial charge is 0.331 e. The minimum absolute atomic E-state index is 0.278. The van der Waals surface area contributed by atoms with Gasteiger partial charge in [-0.3, -0.25) is 0 Å². The van der Waals surface area contributed by atoms with E-state index >= 15 is 0 Å². The fraction of sp³-hybridized carbons (Fsp3) is 0.500. The van der Waals surface area contributed by atoms with E-state index in [2.05, 4.69) is 45.4 Å². The molecule has 0 saturated heterocycles. The Kier molecular flexibility index (Phi) is 2.18. The lowest BCUT2D eigenvalue weighted by molar-refractivity contribution is 0.457. The minimum atomic E-state index is 0.278. The van der Waals surface area contributed by atoms with Crippen molar-refractivity contribution in [2.45, 2.75) is 33.6 Å². The highest BCUT2D eigenvalue weighted by Crippen LogP contribution is 2.73. The van der Waals surface area contributed by atoms with Crippen molar-refractivity contribution in [3.8, 4) is 6.07 Å². The summed E-state index contributed by atoms with van der Waals surface area (Å²) in [4.78, 5) is 4.79. The van der Waals surface area contributed by atoms with Crippen LogP contribution >= 0.6 is 0 Å². The van der Waals surface area contributed by atoms with Crippen LogP contribution in [0, 0.1) is 22.2 Å². The lowest BCUT2D eigenvalue weighted by Gasteiger charge is -2.03. The molecule has 3 rings (SSSR count). The van der Waals surface area contributed by atoms with E-state index in [1.165, 1.54) is 0 Å². The monoisotopic (exact) mass is 253 g/mol. The van der Waals surface area contributed by atoms with Gasteiger partial charge in [0.05, 0.1) is 22.7 Å². The van der Waals surface area contributed by atoms with Gasteiger partial charge < -0.3 is 4.57 Å². The van der Waals surface area contributed by atoms with E-state index in [4.69, 9.17) is 10.2 Å². The summed E-state index contributed by atoms with van der Waals surface area (Å²) in [6, 6.07) is 7.90. The number of nitrogens with zero attached hydrogens (tertiary/aromatic N) is 3. The molecule has 0 unspecified atom stereocenters. The quantitative estimate of drug-likeness (QED) is 0.779. The van der Waals surface area contributed by atoms with Crippen molar-refractivity contribution < 1.29 is 0 Å². The molecule has 1 heterocycles. The molecule has 1 aliphatic carbocycles. The molecular weight excluding hydrogens is 234 g/mol. The van der Waals surface area contributed by atoms with Crippen LogP contribution in [-0.2, 0) is 7.05 Å². The number of hydrogen-bond donors (Lipinski definition) is 0. The normalized spacial score (nSPS) is 20.4. The Morgan fingerprint density at radius 2 is 1.84 bits per heavy atom. The van der Waals surface area contributed by atoms with E-state index in [-0.39, 0.29) is 10.8 Å². The Bertz CT molecular complexity index is 699. The third kappa shape index (κ3) is 1.40. The van der Waals surface area contributed by atoms with Gasteiger partial charge in [0.2, 0.25) is 0 Å². The van der Waals surface area contributed by atoms with Crippen molar-refractivity contribution in [1.82, 2.24) is 9.55 Å². The number of benzene rings is 1. The SMILES string of the molecule is Cn1c(C2C(C)(C)C2(C)C)nc2cc(C#N)ccc21. The Morgan fingerprint density at radius 3 is 2.37 bits per heavy atom. The molecule has 0 bridgehead atoms. The molecule has 1 saturated carbocycles. The second-order valence-corrected chi connectivity index (χ2v) is 6.72. The summed E-state index contributed by atoms with van der Waals surface area (Å²) in [6.45, 7) is 9.21. The minimum Gasteiger partial charge on any atom is -0.331 e. The Labute approximate surface area is 113 Å². The van der Waals surface area contributed by atoms with E-state index in [0.29, 0.717) is 11.5 Å². The predicted octanol–water partition coefficient (Wildman–Crippen LogP) is 3.59. The molecule has 1 aromatic carbocycles. The summed E-state index contributed by atoms with van der Waals surface area (Å²) in [5.41, 5.74) is 3.26. The summed E-state index contributed by atoms with van der Waals surface area (Å²) in [6.07, 6.45) is 0. The van der Waals surface area contributed by atoms with Crippen LogP contribution in [0.1, 0.15) is 45.0 Å². The highest BCUT2D eigenvalue weighted by atomic mass is 15.1. The van der Waals surface area contributed by atoms with Gasteiger partial charge in [-0.15, -0.1) is 0 Å². The van der Waals surface area contributed by atoms with Crippen LogP contribution in [0.25, 0.3) is 11.0 Å². The number of hydrogen-bond acceptors (Lipinski definition) is 2. The predicted molar refractivity (Wildman–Crippen MR) is 75.7 cm³/mol. The van der Waals surface area contributed by atoms with Gasteiger partial charge in [-0.05, 0) is 29.0 Å². The first kappa shape index (κ1) is 12.2. The van der Waals surface area contributed by atoms with Crippen molar-refractivity contribution in [2.24, 2.45) is 17.9 Å². The lowest BCUT2D eigenvalue weighted by atomic mass is 10.0. The molecule has 0 radical (unpaired) electrons. The zero-order valence-corrected chi connectivity index (χ0v) is 12.2. The van der Waals surface area contributed by atoms with Gasteiger partial charge in [0.15, 0.2) is 0 Å². The smallest absolute Gasteiger partial charge is 0.113 e. The number of aryl methyl sites for hydroxylation is 1.